The second kappa shape index (κ2) is 4.86. The van der Waals surface area contributed by atoms with E-state index in [1.165, 1.54) is 18.1 Å². The third kappa shape index (κ3) is 1.97. The molecule has 0 saturated carbocycles. The minimum absolute atomic E-state index is 0.0478. The van der Waals surface area contributed by atoms with Gasteiger partial charge in [-0.25, -0.2) is 9.78 Å². The van der Waals surface area contributed by atoms with E-state index in [-0.39, 0.29) is 5.82 Å². The van der Waals surface area contributed by atoms with E-state index in [2.05, 4.69) is 25.0 Å². The largest absolute Gasteiger partial charge is 0.463 e. The van der Waals surface area contributed by atoms with Gasteiger partial charge in [0, 0.05) is 10.8 Å². The number of fused-ring (bicyclic) bond motifs is 1. The second-order valence-corrected chi connectivity index (χ2v) is 4.22. The molecule has 8 heteroatoms. The van der Waals surface area contributed by atoms with E-state index in [0.29, 0.717) is 11.0 Å². The number of methoxy groups -OCH3 is 1. The van der Waals surface area contributed by atoms with Crippen LogP contribution in [0.3, 0.4) is 0 Å². The van der Waals surface area contributed by atoms with Gasteiger partial charge in [0.15, 0.2) is 11.0 Å². The normalized spacial score (nSPS) is 10.7. The summed E-state index contributed by atoms with van der Waals surface area (Å²) in [6.45, 7) is 0. The molecule has 7 nitrogen and oxygen atoms in total. The summed E-state index contributed by atoms with van der Waals surface area (Å²) in [5, 5.41) is 13.7. The number of ether oxygens (including phenoxy) is 1. The quantitative estimate of drug-likeness (QED) is 0.667. The van der Waals surface area contributed by atoms with Crippen LogP contribution in [-0.4, -0.2) is 38.0 Å². The summed E-state index contributed by atoms with van der Waals surface area (Å²) in [6, 6.07) is 7.36. The lowest BCUT2D eigenvalue weighted by Gasteiger charge is -2.04. The number of benzene rings is 1. The molecule has 0 atom stereocenters. The second-order valence-electron chi connectivity index (χ2n) is 3.86. The van der Waals surface area contributed by atoms with Crippen molar-refractivity contribution in [3.63, 3.8) is 0 Å². The Morgan fingerprint density at radius 2 is 2.00 bits per heavy atom. The number of hydrogen-bond acceptors (Lipinski definition) is 6. The van der Waals surface area contributed by atoms with E-state index in [1.54, 1.807) is 0 Å². The third-order valence-electron chi connectivity index (χ3n) is 2.70. The highest BCUT2D eigenvalue weighted by molar-refractivity contribution is 6.34. The van der Waals surface area contributed by atoms with Crippen molar-refractivity contribution in [3.05, 3.63) is 41.6 Å². The molecule has 0 radical (unpaired) electrons. The molecule has 0 unspecified atom stereocenters. The van der Waals surface area contributed by atoms with Gasteiger partial charge in [0.1, 0.15) is 6.33 Å². The SMILES string of the molecule is COC(=O)c1ncn(-c2nnc(Cl)c3ccccc23)n1. The topological polar surface area (TPSA) is 82.8 Å². The summed E-state index contributed by atoms with van der Waals surface area (Å²) in [5.74, 6) is -0.226. The van der Waals surface area contributed by atoms with Gasteiger partial charge in [0.05, 0.1) is 7.11 Å². The molecule has 2 aromatic heterocycles. The fourth-order valence-corrected chi connectivity index (χ4v) is 1.98. The van der Waals surface area contributed by atoms with Crippen LogP contribution in [0.2, 0.25) is 5.15 Å². The van der Waals surface area contributed by atoms with Crippen molar-refractivity contribution in [3.8, 4) is 5.82 Å². The highest BCUT2D eigenvalue weighted by Gasteiger charge is 2.15. The first-order chi connectivity index (χ1) is 9.70. The van der Waals surface area contributed by atoms with Crippen molar-refractivity contribution in [1.29, 1.82) is 0 Å². The molecule has 0 N–H and O–H groups in total. The van der Waals surface area contributed by atoms with Gasteiger partial charge in [-0.1, -0.05) is 35.9 Å². The average Bonchev–Trinajstić information content (AvgIpc) is 2.97. The van der Waals surface area contributed by atoms with Gasteiger partial charge in [-0.15, -0.1) is 15.3 Å². The molecule has 0 fully saturated rings. The molecule has 0 aliphatic heterocycles. The van der Waals surface area contributed by atoms with E-state index in [4.69, 9.17) is 11.6 Å². The Morgan fingerprint density at radius 1 is 1.25 bits per heavy atom. The molecular weight excluding hydrogens is 282 g/mol. The molecule has 0 bridgehead atoms. The molecule has 2 heterocycles. The number of carbonyl (C=O) groups excluding carboxylic acids is 1. The maximum atomic E-state index is 11.4. The molecule has 1 aromatic carbocycles. The van der Waals surface area contributed by atoms with Crippen LogP contribution in [0, 0.1) is 0 Å². The van der Waals surface area contributed by atoms with Crippen LogP contribution in [0.1, 0.15) is 10.6 Å². The van der Waals surface area contributed by atoms with Gasteiger partial charge < -0.3 is 4.74 Å². The van der Waals surface area contributed by atoms with Gasteiger partial charge >= 0.3 is 5.97 Å². The van der Waals surface area contributed by atoms with E-state index >= 15 is 0 Å². The first-order valence-corrected chi connectivity index (χ1v) is 6.00. The Labute approximate surface area is 118 Å². The molecule has 0 aliphatic rings. The van der Waals surface area contributed by atoms with Crippen molar-refractivity contribution in [1.82, 2.24) is 25.0 Å². The smallest absolute Gasteiger partial charge is 0.377 e. The van der Waals surface area contributed by atoms with Crippen LogP contribution in [0.5, 0.6) is 0 Å². The van der Waals surface area contributed by atoms with Crippen LogP contribution in [0.4, 0.5) is 0 Å². The van der Waals surface area contributed by atoms with Crippen molar-refractivity contribution in [2.75, 3.05) is 7.11 Å². The summed E-state index contributed by atoms with van der Waals surface area (Å²) in [7, 11) is 1.26. The minimum atomic E-state index is -0.616. The molecule has 20 heavy (non-hydrogen) atoms. The maximum Gasteiger partial charge on any atom is 0.377 e. The van der Waals surface area contributed by atoms with Gasteiger partial charge in [-0.3, -0.25) is 0 Å². The van der Waals surface area contributed by atoms with Gasteiger partial charge in [-0.05, 0) is 0 Å². The predicted molar refractivity (Wildman–Crippen MR) is 70.8 cm³/mol. The van der Waals surface area contributed by atoms with Crippen molar-refractivity contribution in [2.24, 2.45) is 0 Å². The first kappa shape index (κ1) is 12.5. The molecule has 0 spiro atoms. The van der Waals surface area contributed by atoms with Crippen molar-refractivity contribution in [2.45, 2.75) is 0 Å². The summed E-state index contributed by atoms with van der Waals surface area (Å²) in [4.78, 5) is 15.2. The van der Waals surface area contributed by atoms with E-state index in [9.17, 15) is 4.79 Å². The zero-order valence-electron chi connectivity index (χ0n) is 10.3. The average molecular weight is 290 g/mol. The Balaban J connectivity index is 2.17. The van der Waals surface area contributed by atoms with E-state index < -0.39 is 5.97 Å². The molecule has 0 amide bonds. The number of esters is 1. The van der Waals surface area contributed by atoms with Gasteiger partial charge in [0.25, 0.3) is 5.82 Å². The van der Waals surface area contributed by atoms with Gasteiger partial charge in [0.2, 0.25) is 0 Å². The molecule has 3 rings (SSSR count). The minimum Gasteiger partial charge on any atom is -0.463 e. The summed E-state index contributed by atoms with van der Waals surface area (Å²) in [6.07, 6.45) is 1.37. The lowest BCUT2D eigenvalue weighted by molar-refractivity contribution is 0.0587. The maximum absolute atomic E-state index is 11.4. The van der Waals surface area contributed by atoms with Crippen LogP contribution in [-0.2, 0) is 4.74 Å². The van der Waals surface area contributed by atoms with Crippen LogP contribution < -0.4 is 0 Å². The van der Waals surface area contributed by atoms with E-state index in [1.807, 2.05) is 24.3 Å². The molecule has 0 aliphatic carbocycles. The fourth-order valence-electron chi connectivity index (χ4n) is 1.78. The molecule has 0 saturated heterocycles. The number of halogens is 1. The van der Waals surface area contributed by atoms with E-state index in [0.717, 1.165) is 10.8 Å². The highest BCUT2D eigenvalue weighted by Crippen LogP contribution is 2.24. The highest BCUT2D eigenvalue weighted by atomic mass is 35.5. The number of carbonyl (C=O) groups is 1. The van der Waals surface area contributed by atoms with Crippen LogP contribution in [0.25, 0.3) is 16.6 Å². The third-order valence-corrected chi connectivity index (χ3v) is 2.98. The Kier molecular flexibility index (Phi) is 3.03. The fraction of sp³-hybridized carbons (Fsp3) is 0.0833. The summed E-state index contributed by atoms with van der Waals surface area (Å²) < 4.78 is 5.92. The predicted octanol–water partition coefficient (Wildman–Crippen LogP) is 1.65. The Bertz CT molecular complexity index is 801. The number of nitrogens with zero attached hydrogens (tertiary/aromatic N) is 5. The monoisotopic (exact) mass is 289 g/mol. The zero-order valence-corrected chi connectivity index (χ0v) is 11.1. The molecule has 100 valence electrons. The van der Waals surface area contributed by atoms with Gasteiger partial charge in [-0.2, -0.15) is 4.68 Å². The number of aromatic nitrogens is 5. The van der Waals surface area contributed by atoms with Crippen molar-refractivity contribution >= 4 is 28.3 Å². The molecular formula is C12H8ClN5O2. The summed E-state index contributed by atoms with van der Waals surface area (Å²) >= 11 is 6.00. The van der Waals surface area contributed by atoms with Crippen molar-refractivity contribution < 1.29 is 9.53 Å². The molecule has 3 aromatic rings. The first-order valence-electron chi connectivity index (χ1n) is 5.62. The zero-order chi connectivity index (χ0) is 14.1. The lowest BCUT2D eigenvalue weighted by Crippen LogP contribution is -2.06. The standard InChI is InChI=1S/C12H8ClN5O2/c1-20-12(19)10-14-6-18(17-10)11-8-5-3-2-4-7(8)9(13)15-16-11/h2-6H,1H3. The summed E-state index contributed by atoms with van der Waals surface area (Å²) in [5.41, 5.74) is 0. The number of rotatable bonds is 2. The number of hydrogen-bond donors (Lipinski definition) is 0. The lowest BCUT2D eigenvalue weighted by atomic mass is 10.2. The van der Waals surface area contributed by atoms with Crippen LogP contribution in [0.15, 0.2) is 30.6 Å². The Morgan fingerprint density at radius 3 is 2.75 bits per heavy atom. The Hall–Kier alpha value is -2.54. The van der Waals surface area contributed by atoms with Crippen LogP contribution >= 0.6 is 11.6 Å².